The van der Waals surface area contributed by atoms with E-state index in [1.807, 2.05) is 18.3 Å². The molecule has 1 amide bonds. The molecular weight excluding hydrogens is 371 g/mol. The van der Waals surface area contributed by atoms with Crippen LogP contribution in [-0.4, -0.2) is 26.0 Å². The molecule has 144 valence electrons. The van der Waals surface area contributed by atoms with Crippen molar-refractivity contribution in [3.05, 3.63) is 83.6 Å². The molecule has 5 rings (SSSR count). The molecule has 0 unspecified atom stereocenters. The molecule has 1 aliphatic rings. The third-order valence-corrected chi connectivity index (χ3v) is 5.32. The predicted octanol–water partition coefficient (Wildman–Crippen LogP) is 3.67. The molecule has 0 fully saturated rings. The molecule has 0 aliphatic heterocycles. The number of nitrogens with zero attached hydrogens (tertiary/aromatic N) is 2. The van der Waals surface area contributed by atoms with Crippen LogP contribution in [0.25, 0.3) is 22.3 Å². The quantitative estimate of drug-likeness (QED) is 0.499. The summed E-state index contributed by atoms with van der Waals surface area (Å²) in [6, 6.07) is 11.3. The third-order valence-electron chi connectivity index (χ3n) is 5.32. The molecular formula is C22H17FN4O2. The van der Waals surface area contributed by atoms with Crippen LogP contribution in [0.4, 0.5) is 4.39 Å². The van der Waals surface area contributed by atoms with Crippen LogP contribution in [0.2, 0.25) is 0 Å². The largest absolute Gasteiger partial charge is 0.388 e. The fourth-order valence-corrected chi connectivity index (χ4v) is 3.92. The number of H-pyrrole nitrogens is 1. The van der Waals surface area contributed by atoms with Gasteiger partial charge in [0.25, 0.3) is 5.91 Å². The summed E-state index contributed by atoms with van der Waals surface area (Å²) in [5, 5.41) is 13.9. The van der Waals surface area contributed by atoms with Crippen molar-refractivity contribution in [3.63, 3.8) is 0 Å². The van der Waals surface area contributed by atoms with E-state index in [1.165, 1.54) is 12.3 Å². The highest BCUT2D eigenvalue weighted by Crippen LogP contribution is 2.40. The molecule has 0 bridgehead atoms. The predicted molar refractivity (Wildman–Crippen MR) is 106 cm³/mol. The summed E-state index contributed by atoms with van der Waals surface area (Å²) >= 11 is 0. The van der Waals surface area contributed by atoms with Crippen molar-refractivity contribution in [3.8, 4) is 11.3 Å². The van der Waals surface area contributed by atoms with Crippen molar-refractivity contribution in [2.45, 2.75) is 18.6 Å². The minimum atomic E-state index is -0.790. The Morgan fingerprint density at radius 3 is 2.90 bits per heavy atom. The maximum absolute atomic E-state index is 14.2. The van der Waals surface area contributed by atoms with E-state index in [1.54, 1.807) is 30.5 Å². The number of rotatable bonds is 3. The fraction of sp³-hybridized carbons (Fsp3) is 0.136. The van der Waals surface area contributed by atoms with Crippen LogP contribution in [-0.2, 0) is 0 Å². The Morgan fingerprint density at radius 1 is 1.17 bits per heavy atom. The number of carbonyl (C=O) groups is 1. The molecule has 3 heterocycles. The number of hydrogen-bond acceptors (Lipinski definition) is 4. The maximum Gasteiger partial charge on any atom is 0.253 e. The average molecular weight is 388 g/mol. The molecule has 3 aromatic heterocycles. The zero-order valence-electron chi connectivity index (χ0n) is 15.3. The molecule has 0 spiro atoms. The van der Waals surface area contributed by atoms with Gasteiger partial charge in [-0.25, -0.2) is 9.37 Å². The molecule has 3 N–H and O–H groups in total. The number of aromatic nitrogens is 3. The number of nitrogens with one attached hydrogen (secondary N) is 2. The second kappa shape index (κ2) is 6.79. The Balaban J connectivity index is 1.39. The highest BCUT2D eigenvalue weighted by atomic mass is 19.1. The number of amides is 1. The third kappa shape index (κ3) is 2.96. The van der Waals surface area contributed by atoms with Gasteiger partial charge in [-0.3, -0.25) is 9.78 Å². The van der Waals surface area contributed by atoms with Crippen LogP contribution in [0.3, 0.4) is 0 Å². The standard InChI is InChI=1S/C22H17FN4O2/c23-16-3-1-2-15-19(28)10-18(20(15)16)27-22(29)12-4-5-17(26-11-12)13-6-8-24-21-14(13)7-9-25-21/h1-9,11,18-19,28H,10H2,(H,24,25)(H,27,29)/t18-,19+/m0/s1. The van der Waals surface area contributed by atoms with Crippen molar-refractivity contribution in [1.29, 1.82) is 0 Å². The second-order valence-corrected chi connectivity index (χ2v) is 7.05. The Hall–Kier alpha value is -3.58. The van der Waals surface area contributed by atoms with E-state index >= 15 is 0 Å². The van der Waals surface area contributed by atoms with E-state index in [9.17, 15) is 14.3 Å². The summed E-state index contributed by atoms with van der Waals surface area (Å²) in [6.07, 6.45) is 4.47. The Bertz CT molecular complexity index is 1220. The molecule has 29 heavy (non-hydrogen) atoms. The molecule has 0 radical (unpaired) electrons. The Morgan fingerprint density at radius 2 is 2.07 bits per heavy atom. The van der Waals surface area contributed by atoms with Crippen molar-refractivity contribution < 1.29 is 14.3 Å². The van der Waals surface area contributed by atoms with Gasteiger partial charge >= 0.3 is 0 Å². The highest BCUT2D eigenvalue weighted by molar-refractivity contribution is 5.95. The van der Waals surface area contributed by atoms with Crippen LogP contribution >= 0.6 is 0 Å². The van der Waals surface area contributed by atoms with Crippen LogP contribution in [0.1, 0.15) is 40.1 Å². The first kappa shape index (κ1) is 17.5. The number of fused-ring (bicyclic) bond motifs is 2. The number of aromatic amines is 1. The van der Waals surface area contributed by atoms with E-state index in [4.69, 9.17) is 0 Å². The smallest absolute Gasteiger partial charge is 0.253 e. The van der Waals surface area contributed by atoms with Crippen molar-refractivity contribution >= 4 is 16.9 Å². The van der Waals surface area contributed by atoms with Crippen LogP contribution in [0.5, 0.6) is 0 Å². The number of aliphatic hydroxyl groups is 1. The topological polar surface area (TPSA) is 90.9 Å². The molecule has 0 saturated heterocycles. The normalized spacial score (nSPS) is 18.0. The average Bonchev–Trinajstić information content (AvgIpc) is 3.33. The number of aliphatic hydroxyl groups excluding tert-OH is 1. The first-order valence-corrected chi connectivity index (χ1v) is 9.27. The summed E-state index contributed by atoms with van der Waals surface area (Å²) in [5.41, 5.74) is 3.65. The van der Waals surface area contributed by atoms with Gasteiger partial charge in [0.1, 0.15) is 11.5 Å². The van der Waals surface area contributed by atoms with Crippen LogP contribution in [0.15, 0.2) is 61.1 Å². The van der Waals surface area contributed by atoms with Gasteiger partial charge in [-0.1, -0.05) is 12.1 Å². The number of benzene rings is 1. The van der Waals surface area contributed by atoms with E-state index in [0.29, 0.717) is 16.7 Å². The van der Waals surface area contributed by atoms with Crippen molar-refractivity contribution in [1.82, 2.24) is 20.3 Å². The number of carbonyl (C=O) groups excluding carboxylic acids is 1. The van der Waals surface area contributed by atoms with E-state index in [0.717, 1.165) is 22.3 Å². The van der Waals surface area contributed by atoms with Gasteiger partial charge in [-0.05, 0) is 35.9 Å². The van der Waals surface area contributed by atoms with Crippen molar-refractivity contribution in [2.24, 2.45) is 0 Å². The lowest BCUT2D eigenvalue weighted by molar-refractivity contribution is 0.0923. The SMILES string of the molecule is O=C(N[C@H]1C[C@@H](O)c2cccc(F)c21)c1ccc(-c2ccnc3[nH]ccc23)nc1. The van der Waals surface area contributed by atoms with E-state index in [2.05, 4.69) is 20.3 Å². The molecule has 1 aromatic carbocycles. The van der Waals surface area contributed by atoms with Crippen LogP contribution in [0, 0.1) is 5.82 Å². The summed E-state index contributed by atoms with van der Waals surface area (Å²) < 4.78 is 14.2. The first-order chi connectivity index (χ1) is 14.1. The Kier molecular flexibility index (Phi) is 4.10. The zero-order chi connectivity index (χ0) is 20.0. The summed E-state index contributed by atoms with van der Waals surface area (Å²) in [5.74, 6) is -0.787. The van der Waals surface area contributed by atoms with E-state index < -0.39 is 18.0 Å². The molecule has 6 nitrogen and oxygen atoms in total. The van der Waals surface area contributed by atoms with Gasteiger partial charge in [0, 0.05) is 41.5 Å². The molecule has 2 atom stereocenters. The zero-order valence-corrected chi connectivity index (χ0v) is 15.3. The van der Waals surface area contributed by atoms with Gasteiger partial charge < -0.3 is 15.4 Å². The fourth-order valence-electron chi connectivity index (χ4n) is 3.92. The van der Waals surface area contributed by atoms with Crippen molar-refractivity contribution in [2.75, 3.05) is 0 Å². The first-order valence-electron chi connectivity index (χ1n) is 9.27. The second-order valence-electron chi connectivity index (χ2n) is 7.05. The Labute approximate surface area is 165 Å². The van der Waals surface area contributed by atoms with Crippen LogP contribution < -0.4 is 5.32 Å². The highest BCUT2D eigenvalue weighted by Gasteiger charge is 2.33. The molecule has 1 aliphatic carbocycles. The summed E-state index contributed by atoms with van der Waals surface area (Å²) in [6.45, 7) is 0. The number of hydrogen-bond donors (Lipinski definition) is 3. The summed E-state index contributed by atoms with van der Waals surface area (Å²) in [7, 11) is 0. The minimum Gasteiger partial charge on any atom is -0.388 e. The number of halogens is 1. The molecule has 7 heteroatoms. The lowest BCUT2D eigenvalue weighted by atomic mass is 10.1. The summed E-state index contributed by atoms with van der Waals surface area (Å²) in [4.78, 5) is 24.4. The van der Waals surface area contributed by atoms with Gasteiger partial charge in [0.15, 0.2) is 0 Å². The number of pyridine rings is 2. The molecule has 0 saturated carbocycles. The minimum absolute atomic E-state index is 0.246. The lowest BCUT2D eigenvalue weighted by Crippen LogP contribution is -2.27. The molecule has 4 aromatic rings. The van der Waals surface area contributed by atoms with Gasteiger partial charge in [-0.2, -0.15) is 0 Å². The maximum atomic E-state index is 14.2. The van der Waals surface area contributed by atoms with E-state index in [-0.39, 0.29) is 12.3 Å². The monoisotopic (exact) mass is 388 g/mol. The van der Waals surface area contributed by atoms with Gasteiger partial charge in [-0.15, -0.1) is 0 Å². The van der Waals surface area contributed by atoms with Gasteiger partial charge in [0.2, 0.25) is 0 Å². The van der Waals surface area contributed by atoms with Gasteiger partial charge in [0.05, 0.1) is 23.4 Å². The lowest BCUT2D eigenvalue weighted by Gasteiger charge is -2.14.